The molecule has 1 aliphatic carbocycles. The number of nitrogens with zero attached hydrogens (tertiary/aromatic N) is 2. The van der Waals surface area contributed by atoms with Gasteiger partial charge in [-0.05, 0) is 24.7 Å². The molecule has 14 heavy (non-hydrogen) atoms. The molecule has 76 valence electrons. The molecular weight excluding hydrogens is 176 g/mol. The van der Waals surface area contributed by atoms with Crippen LogP contribution in [0.5, 0.6) is 0 Å². The van der Waals surface area contributed by atoms with Crippen molar-refractivity contribution < 1.29 is 0 Å². The molecule has 0 radical (unpaired) electrons. The number of aromatic nitrogens is 2. The zero-order valence-corrected chi connectivity index (χ0v) is 8.67. The summed E-state index contributed by atoms with van der Waals surface area (Å²) in [7, 11) is 0. The highest BCUT2D eigenvalue weighted by Gasteiger charge is 2.31. The predicted octanol–water partition coefficient (Wildman–Crippen LogP) is 1.25. The predicted molar refractivity (Wildman–Crippen MR) is 56.8 cm³/mol. The molecule has 1 aromatic rings. The molecule has 0 aliphatic heterocycles. The maximum absolute atomic E-state index is 5.89. The van der Waals surface area contributed by atoms with Crippen molar-refractivity contribution in [3.63, 3.8) is 0 Å². The molecule has 1 aliphatic rings. The summed E-state index contributed by atoms with van der Waals surface area (Å²) in [6.45, 7) is 4.36. The normalized spacial score (nSPS) is 19.0. The van der Waals surface area contributed by atoms with Gasteiger partial charge in [0.2, 0.25) is 5.95 Å². The molecule has 1 heterocycles. The highest BCUT2D eigenvalue weighted by molar-refractivity contribution is 5.51. The first-order chi connectivity index (χ1) is 6.50. The zero-order chi connectivity index (χ0) is 10.3. The molecule has 4 nitrogen and oxygen atoms in total. The first-order valence-corrected chi connectivity index (χ1v) is 4.93. The minimum Gasteiger partial charge on any atom is -0.383 e. The summed E-state index contributed by atoms with van der Waals surface area (Å²) in [5.74, 6) is 0.844. The number of nitrogens with two attached hydrogens (primary N) is 2. The summed E-state index contributed by atoms with van der Waals surface area (Å²) in [6, 6.07) is 0. The van der Waals surface area contributed by atoms with E-state index >= 15 is 0 Å². The third-order valence-electron chi connectivity index (χ3n) is 2.92. The van der Waals surface area contributed by atoms with Gasteiger partial charge < -0.3 is 11.5 Å². The van der Waals surface area contributed by atoms with Gasteiger partial charge in [0.15, 0.2) is 0 Å². The molecule has 2 rings (SSSR count). The van der Waals surface area contributed by atoms with E-state index in [1.165, 1.54) is 0 Å². The Balaban J connectivity index is 2.63. The minimum absolute atomic E-state index is 0.0887. The first-order valence-electron chi connectivity index (χ1n) is 4.93. The van der Waals surface area contributed by atoms with Crippen LogP contribution in [0.2, 0.25) is 0 Å². The molecule has 0 saturated heterocycles. The lowest BCUT2D eigenvalue weighted by Gasteiger charge is -2.32. The largest absolute Gasteiger partial charge is 0.383 e. The van der Waals surface area contributed by atoms with Crippen molar-refractivity contribution in [3.05, 3.63) is 11.3 Å². The molecule has 0 bridgehead atoms. The topological polar surface area (TPSA) is 77.8 Å². The fourth-order valence-electron chi connectivity index (χ4n) is 2.29. The van der Waals surface area contributed by atoms with Gasteiger partial charge in [-0.15, -0.1) is 0 Å². The Bertz CT molecular complexity index is 371. The number of fused-ring (bicyclic) bond motifs is 1. The summed E-state index contributed by atoms with van der Waals surface area (Å²) < 4.78 is 0. The van der Waals surface area contributed by atoms with Gasteiger partial charge in [0.05, 0.1) is 5.69 Å². The van der Waals surface area contributed by atoms with Crippen molar-refractivity contribution >= 4 is 11.8 Å². The van der Waals surface area contributed by atoms with Crippen LogP contribution >= 0.6 is 0 Å². The van der Waals surface area contributed by atoms with E-state index in [2.05, 4.69) is 23.8 Å². The van der Waals surface area contributed by atoms with Crippen LogP contribution in [0.4, 0.5) is 11.8 Å². The second-order valence-corrected chi connectivity index (χ2v) is 4.53. The smallest absolute Gasteiger partial charge is 0.222 e. The summed E-state index contributed by atoms with van der Waals surface area (Å²) in [5.41, 5.74) is 13.7. The van der Waals surface area contributed by atoms with E-state index in [0.29, 0.717) is 11.8 Å². The molecule has 4 N–H and O–H groups in total. The van der Waals surface area contributed by atoms with Crippen molar-refractivity contribution in [2.45, 2.75) is 38.5 Å². The Kier molecular flexibility index (Phi) is 1.87. The SMILES string of the molecule is CC1(C)CCCc2nc(N)nc(N)c21. The molecular formula is C10H16N4. The van der Waals surface area contributed by atoms with Crippen molar-refractivity contribution in [2.24, 2.45) is 0 Å². The van der Waals surface area contributed by atoms with E-state index in [4.69, 9.17) is 11.5 Å². The number of anilines is 2. The molecule has 0 spiro atoms. The number of aryl methyl sites for hydroxylation is 1. The van der Waals surface area contributed by atoms with E-state index in [0.717, 1.165) is 30.5 Å². The Morgan fingerprint density at radius 3 is 2.64 bits per heavy atom. The van der Waals surface area contributed by atoms with Gasteiger partial charge in [-0.25, -0.2) is 4.98 Å². The maximum atomic E-state index is 5.89. The average Bonchev–Trinajstić information content (AvgIpc) is 2.00. The lowest BCUT2D eigenvalue weighted by molar-refractivity contribution is 0.426. The van der Waals surface area contributed by atoms with Gasteiger partial charge in [0, 0.05) is 5.56 Å². The van der Waals surface area contributed by atoms with Crippen LogP contribution in [-0.2, 0) is 11.8 Å². The summed E-state index contributed by atoms with van der Waals surface area (Å²) in [4.78, 5) is 8.28. The number of hydrogen-bond donors (Lipinski definition) is 2. The highest BCUT2D eigenvalue weighted by Crippen LogP contribution is 2.38. The molecule has 1 aromatic heterocycles. The van der Waals surface area contributed by atoms with E-state index in [1.54, 1.807) is 0 Å². The quantitative estimate of drug-likeness (QED) is 0.648. The van der Waals surface area contributed by atoms with Gasteiger partial charge in [0.25, 0.3) is 0 Å². The second-order valence-electron chi connectivity index (χ2n) is 4.53. The van der Waals surface area contributed by atoms with Crippen LogP contribution in [0.15, 0.2) is 0 Å². The van der Waals surface area contributed by atoms with E-state index in [1.807, 2.05) is 0 Å². The first kappa shape index (κ1) is 9.24. The third kappa shape index (κ3) is 1.31. The second kappa shape index (κ2) is 2.83. The Labute approximate surface area is 83.7 Å². The summed E-state index contributed by atoms with van der Waals surface area (Å²) >= 11 is 0. The van der Waals surface area contributed by atoms with Gasteiger partial charge in [0.1, 0.15) is 5.82 Å². The summed E-state index contributed by atoms with van der Waals surface area (Å²) in [5, 5.41) is 0. The Morgan fingerprint density at radius 2 is 1.93 bits per heavy atom. The number of rotatable bonds is 0. The van der Waals surface area contributed by atoms with Crippen LogP contribution < -0.4 is 11.5 Å². The third-order valence-corrected chi connectivity index (χ3v) is 2.92. The van der Waals surface area contributed by atoms with Crippen LogP contribution in [0, 0.1) is 0 Å². The monoisotopic (exact) mass is 192 g/mol. The van der Waals surface area contributed by atoms with Gasteiger partial charge in [-0.2, -0.15) is 4.98 Å². The van der Waals surface area contributed by atoms with Gasteiger partial charge in [-0.3, -0.25) is 0 Å². The fraction of sp³-hybridized carbons (Fsp3) is 0.600. The number of nitrogen functional groups attached to an aromatic ring is 2. The molecule has 0 aromatic carbocycles. The van der Waals surface area contributed by atoms with E-state index in [-0.39, 0.29) is 5.41 Å². The van der Waals surface area contributed by atoms with Crippen LogP contribution in [0.3, 0.4) is 0 Å². The number of hydrogen-bond acceptors (Lipinski definition) is 4. The van der Waals surface area contributed by atoms with Crippen molar-refractivity contribution in [1.29, 1.82) is 0 Å². The zero-order valence-electron chi connectivity index (χ0n) is 8.67. The van der Waals surface area contributed by atoms with Crippen molar-refractivity contribution in [2.75, 3.05) is 11.5 Å². The molecule has 0 fully saturated rings. The summed E-state index contributed by atoms with van der Waals surface area (Å²) in [6.07, 6.45) is 3.25. The molecule has 0 amide bonds. The highest BCUT2D eigenvalue weighted by atomic mass is 15.0. The average molecular weight is 192 g/mol. The lowest BCUT2D eigenvalue weighted by Crippen LogP contribution is -2.27. The maximum Gasteiger partial charge on any atom is 0.222 e. The van der Waals surface area contributed by atoms with Gasteiger partial charge >= 0.3 is 0 Å². The Morgan fingerprint density at radius 1 is 1.21 bits per heavy atom. The van der Waals surface area contributed by atoms with Crippen LogP contribution in [0.1, 0.15) is 37.9 Å². The molecule has 0 saturated carbocycles. The van der Waals surface area contributed by atoms with Crippen molar-refractivity contribution in [1.82, 2.24) is 9.97 Å². The van der Waals surface area contributed by atoms with Crippen molar-refractivity contribution in [3.8, 4) is 0 Å². The molecule has 4 heteroatoms. The van der Waals surface area contributed by atoms with E-state index in [9.17, 15) is 0 Å². The van der Waals surface area contributed by atoms with Crippen LogP contribution in [-0.4, -0.2) is 9.97 Å². The minimum atomic E-state index is 0.0887. The van der Waals surface area contributed by atoms with E-state index < -0.39 is 0 Å². The fourth-order valence-corrected chi connectivity index (χ4v) is 2.29. The molecule has 0 atom stereocenters. The lowest BCUT2D eigenvalue weighted by atomic mass is 9.74. The Hall–Kier alpha value is -1.32. The standard InChI is InChI=1S/C10H16N4/c1-10(2)5-3-4-6-7(10)8(11)14-9(12)13-6/h3-5H2,1-2H3,(H4,11,12,13,14). The van der Waals surface area contributed by atoms with Gasteiger partial charge in [-0.1, -0.05) is 13.8 Å². The molecule has 0 unspecified atom stereocenters. The van der Waals surface area contributed by atoms with Crippen LogP contribution in [0.25, 0.3) is 0 Å².